The van der Waals surface area contributed by atoms with Crippen molar-refractivity contribution in [2.45, 2.75) is 6.92 Å². The van der Waals surface area contributed by atoms with Gasteiger partial charge in [-0.15, -0.1) is 0 Å². The second kappa shape index (κ2) is 10.6. The predicted octanol–water partition coefficient (Wildman–Crippen LogP) is -0.00651. The fraction of sp³-hybridized carbons (Fsp3) is 0.250. The van der Waals surface area contributed by atoms with Gasteiger partial charge in [-0.25, -0.2) is 9.59 Å². The molecule has 0 aliphatic carbocycles. The number of aliphatic carboxylic acids is 2. The maximum Gasteiger partial charge on any atom is 0.414 e. The van der Waals surface area contributed by atoms with Gasteiger partial charge in [-0.2, -0.15) is 6.92 Å². The van der Waals surface area contributed by atoms with Crippen LogP contribution < -0.4 is 0 Å². The molecule has 0 radical (unpaired) electrons. The molecule has 0 atom stereocenters. The van der Waals surface area contributed by atoms with E-state index in [9.17, 15) is 0 Å². The Labute approximate surface area is 67.8 Å². The van der Waals surface area contributed by atoms with E-state index in [4.69, 9.17) is 19.8 Å². The molecule has 0 heterocycles. The summed E-state index contributed by atoms with van der Waals surface area (Å²) in [7, 11) is 0. The first-order valence-corrected chi connectivity index (χ1v) is 1.81. The van der Waals surface area contributed by atoms with E-state index in [1.54, 1.807) is 6.92 Å². The Bertz CT molecular complexity index is 78.6. The Morgan fingerprint density at radius 1 is 1.11 bits per heavy atom. The van der Waals surface area contributed by atoms with Crippen molar-refractivity contribution < 1.29 is 41.5 Å². The molecule has 0 amide bonds. The summed E-state index contributed by atoms with van der Waals surface area (Å²) in [5.74, 6) is -3.65. The molecule has 0 unspecified atom stereocenters. The molecule has 5 heteroatoms. The number of hydrogen-bond donors (Lipinski definition) is 2. The molecule has 9 heavy (non-hydrogen) atoms. The monoisotopic (exact) mass is 167 g/mol. The van der Waals surface area contributed by atoms with Crippen molar-refractivity contribution in [2.75, 3.05) is 0 Å². The zero-order valence-electron chi connectivity index (χ0n) is 4.92. The Hall–Kier alpha value is -0.346. The molecular formula is C4H7O4Ti-. The molecule has 0 spiro atoms. The largest absolute Gasteiger partial charge is 0.473 e. The minimum atomic E-state index is -1.82. The molecular weight excluding hydrogens is 160 g/mol. The molecule has 0 saturated heterocycles. The third-order valence-electron chi connectivity index (χ3n) is 0.183. The molecule has 4 nitrogen and oxygen atoms in total. The van der Waals surface area contributed by atoms with Crippen LogP contribution in [0.2, 0.25) is 0 Å². The SMILES string of the molecule is O=C(O)C(=O)O.[CH2-]C.[Ti]. The molecule has 0 aromatic heterocycles. The van der Waals surface area contributed by atoms with E-state index in [-0.39, 0.29) is 21.7 Å². The van der Waals surface area contributed by atoms with E-state index in [2.05, 4.69) is 6.92 Å². The topological polar surface area (TPSA) is 74.6 Å². The normalized spacial score (nSPS) is 5.56. The third kappa shape index (κ3) is 18.3. The second-order valence-corrected chi connectivity index (χ2v) is 0.610. The Morgan fingerprint density at radius 3 is 1.22 bits per heavy atom. The van der Waals surface area contributed by atoms with Crippen molar-refractivity contribution in [1.29, 1.82) is 0 Å². The van der Waals surface area contributed by atoms with Gasteiger partial charge in [0.25, 0.3) is 0 Å². The molecule has 0 rings (SSSR count). The molecule has 0 bridgehead atoms. The van der Waals surface area contributed by atoms with Gasteiger partial charge >= 0.3 is 11.9 Å². The van der Waals surface area contributed by atoms with Crippen LogP contribution >= 0.6 is 0 Å². The van der Waals surface area contributed by atoms with E-state index >= 15 is 0 Å². The van der Waals surface area contributed by atoms with Gasteiger partial charge in [0.2, 0.25) is 0 Å². The number of rotatable bonds is 0. The standard InChI is InChI=1S/C2H2O4.C2H5.Ti/c3-1(4)2(5)6;1-2;/h(H,3,4)(H,5,6);1H2,2H3;/q;-1;. The molecule has 0 aliphatic heterocycles. The first-order chi connectivity index (χ1) is 3.64. The van der Waals surface area contributed by atoms with Crippen molar-refractivity contribution in [3.63, 3.8) is 0 Å². The number of hydrogen-bond acceptors (Lipinski definition) is 2. The number of carboxylic acids is 2. The fourth-order valence-electron chi connectivity index (χ4n) is 0. The van der Waals surface area contributed by atoms with E-state index in [1.807, 2.05) is 0 Å². The number of carboxylic acid groups (broad SMARTS) is 2. The Kier molecular flexibility index (Phi) is 18.7. The molecule has 0 fully saturated rings. The summed E-state index contributed by atoms with van der Waals surface area (Å²) in [5, 5.41) is 14.8. The van der Waals surface area contributed by atoms with Crippen molar-refractivity contribution in [3.8, 4) is 0 Å². The van der Waals surface area contributed by atoms with Crippen molar-refractivity contribution in [2.24, 2.45) is 0 Å². The summed E-state index contributed by atoms with van der Waals surface area (Å²) in [6.45, 7) is 5.00. The zero-order valence-corrected chi connectivity index (χ0v) is 6.48. The molecule has 0 aliphatic rings. The third-order valence-corrected chi connectivity index (χ3v) is 0.183. The van der Waals surface area contributed by atoms with Crippen molar-refractivity contribution >= 4 is 11.9 Å². The van der Waals surface area contributed by atoms with Gasteiger partial charge in [0.15, 0.2) is 0 Å². The van der Waals surface area contributed by atoms with E-state index in [0.717, 1.165) is 0 Å². The Balaban J connectivity index is -0.000000109. The molecule has 2 N–H and O–H groups in total. The van der Waals surface area contributed by atoms with Crippen LogP contribution in [0.25, 0.3) is 0 Å². The summed E-state index contributed by atoms with van der Waals surface area (Å²) >= 11 is 0. The van der Waals surface area contributed by atoms with Gasteiger partial charge in [0.1, 0.15) is 0 Å². The van der Waals surface area contributed by atoms with E-state index in [0.29, 0.717) is 0 Å². The summed E-state index contributed by atoms with van der Waals surface area (Å²) < 4.78 is 0. The van der Waals surface area contributed by atoms with Crippen LogP contribution in [-0.4, -0.2) is 22.2 Å². The predicted molar refractivity (Wildman–Crippen MR) is 26.3 cm³/mol. The van der Waals surface area contributed by atoms with Crippen LogP contribution in [0.4, 0.5) is 0 Å². The van der Waals surface area contributed by atoms with Crippen LogP contribution in [0.1, 0.15) is 6.92 Å². The maximum absolute atomic E-state index is 9.10. The molecule has 0 aromatic carbocycles. The quantitative estimate of drug-likeness (QED) is 0.302. The van der Waals surface area contributed by atoms with E-state index in [1.165, 1.54) is 0 Å². The first kappa shape index (κ1) is 15.9. The molecule has 0 saturated carbocycles. The molecule has 52 valence electrons. The smallest absolute Gasteiger partial charge is 0.414 e. The van der Waals surface area contributed by atoms with Gasteiger partial charge in [-0.05, 0) is 0 Å². The average molecular weight is 167 g/mol. The van der Waals surface area contributed by atoms with Crippen LogP contribution in [0.5, 0.6) is 0 Å². The van der Waals surface area contributed by atoms with E-state index < -0.39 is 11.9 Å². The van der Waals surface area contributed by atoms with Crippen LogP contribution in [-0.2, 0) is 31.3 Å². The minimum absolute atomic E-state index is 0. The Morgan fingerprint density at radius 2 is 1.22 bits per heavy atom. The van der Waals surface area contributed by atoms with Crippen LogP contribution in [0.15, 0.2) is 0 Å². The van der Waals surface area contributed by atoms with Crippen molar-refractivity contribution in [1.82, 2.24) is 0 Å². The fourth-order valence-corrected chi connectivity index (χ4v) is 0. The summed E-state index contributed by atoms with van der Waals surface area (Å²) in [5.41, 5.74) is 0. The zero-order chi connectivity index (χ0) is 7.15. The van der Waals surface area contributed by atoms with Gasteiger partial charge < -0.3 is 17.1 Å². The van der Waals surface area contributed by atoms with Crippen LogP contribution in [0, 0.1) is 6.92 Å². The summed E-state index contributed by atoms with van der Waals surface area (Å²) in [6.07, 6.45) is 0. The van der Waals surface area contributed by atoms with Gasteiger partial charge in [0.05, 0.1) is 0 Å². The van der Waals surface area contributed by atoms with Gasteiger partial charge in [-0.1, -0.05) is 0 Å². The maximum atomic E-state index is 9.10. The van der Waals surface area contributed by atoms with Gasteiger partial charge in [0, 0.05) is 21.7 Å². The number of carbonyl (C=O) groups is 2. The first-order valence-electron chi connectivity index (χ1n) is 1.81. The van der Waals surface area contributed by atoms with Crippen LogP contribution in [0.3, 0.4) is 0 Å². The summed E-state index contributed by atoms with van der Waals surface area (Å²) in [6, 6.07) is 0. The minimum Gasteiger partial charge on any atom is -0.473 e. The molecule has 0 aromatic rings. The van der Waals surface area contributed by atoms with Crippen molar-refractivity contribution in [3.05, 3.63) is 6.92 Å². The average Bonchev–Trinajstić information content (AvgIpc) is 1.72. The van der Waals surface area contributed by atoms with Gasteiger partial charge in [-0.3, -0.25) is 0 Å². The second-order valence-electron chi connectivity index (χ2n) is 0.610. The summed E-state index contributed by atoms with van der Waals surface area (Å²) in [4.78, 5) is 18.2.